The van der Waals surface area contributed by atoms with E-state index in [1.54, 1.807) is 12.1 Å². The molecular weight excluding hydrogens is 304 g/mol. The largest absolute Gasteiger partial charge is 0.508 e. The summed E-state index contributed by atoms with van der Waals surface area (Å²) in [6.07, 6.45) is 11.7. The van der Waals surface area contributed by atoms with Crippen LogP contribution >= 0.6 is 0 Å². The first-order valence-corrected chi connectivity index (χ1v) is 9.28. The van der Waals surface area contributed by atoms with Crippen LogP contribution in [-0.4, -0.2) is 30.9 Å². The molecule has 4 nitrogen and oxygen atoms in total. The summed E-state index contributed by atoms with van der Waals surface area (Å²) >= 11 is 0. The number of rotatable bonds is 14. The number of carbonyl (C=O) groups is 1. The van der Waals surface area contributed by atoms with Crippen LogP contribution in [0.4, 0.5) is 0 Å². The molecule has 1 aromatic rings. The van der Waals surface area contributed by atoms with Gasteiger partial charge in [0.25, 0.3) is 0 Å². The van der Waals surface area contributed by atoms with Crippen LogP contribution in [0, 0.1) is 0 Å². The Bertz CT molecular complexity index is 428. The molecule has 1 N–H and O–H groups in total. The molecule has 0 saturated heterocycles. The summed E-state index contributed by atoms with van der Waals surface area (Å²) in [6.45, 7) is 3.67. The number of hydrogen-bond donors (Lipinski definition) is 1. The number of unbranched alkanes of at least 4 members (excludes halogenated alkanes) is 8. The van der Waals surface area contributed by atoms with Gasteiger partial charge in [-0.3, -0.25) is 0 Å². The van der Waals surface area contributed by atoms with Crippen LogP contribution in [0.25, 0.3) is 0 Å². The molecule has 0 spiro atoms. The SMILES string of the molecule is CCCCCCCCCCCOCCOC(=O)c1ccc(O)cc1. The molecule has 0 atom stereocenters. The first-order valence-electron chi connectivity index (χ1n) is 9.28. The standard InChI is InChI=1S/C20H32O4/c1-2-3-4-5-6-7-8-9-10-15-23-16-17-24-20(22)18-11-13-19(21)14-12-18/h11-14,21H,2-10,15-17H2,1H3. The van der Waals surface area contributed by atoms with Crippen molar-refractivity contribution >= 4 is 5.97 Å². The predicted molar refractivity (Wildman–Crippen MR) is 96.4 cm³/mol. The second-order valence-corrected chi connectivity index (χ2v) is 6.12. The number of ether oxygens (including phenoxy) is 2. The highest BCUT2D eigenvalue weighted by Gasteiger charge is 2.06. The fraction of sp³-hybridized carbons (Fsp3) is 0.650. The minimum Gasteiger partial charge on any atom is -0.508 e. The highest BCUT2D eigenvalue weighted by Crippen LogP contribution is 2.11. The van der Waals surface area contributed by atoms with Crippen LogP contribution in [-0.2, 0) is 9.47 Å². The van der Waals surface area contributed by atoms with Crippen LogP contribution in [0.1, 0.15) is 75.1 Å². The van der Waals surface area contributed by atoms with Crippen molar-refractivity contribution in [1.29, 1.82) is 0 Å². The third kappa shape index (κ3) is 10.3. The summed E-state index contributed by atoms with van der Waals surface area (Å²) in [4.78, 5) is 11.7. The van der Waals surface area contributed by atoms with Crippen LogP contribution in [0.15, 0.2) is 24.3 Å². The normalized spacial score (nSPS) is 10.7. The van der Waals surface area contributed by atoms with Crippen LogP contribution < -0.4 is 0 Å². The quantitative estimate of drug-likeness (QED) is 0.379. The lowest BCUT2D eigenvalue weighted by Gasteiger charge is -2.06. The molecule has 0 fully saturated rings. The summed E-state index contributed by atoms with van der Waals surface area (Å²) in [6, 6.07) is 6.02. The Labute approximate surface area is 146 Å². The van der Waals surface area contributed by atoms with E-state index >= 15 is 0 Å². The van der Waals surface area contributed by atoms with E-state index in [4.69, 9.17) is 14.6 Å². The second kappa shape index (κ2) is 13.8. The molecule has 1 rings (SSSR count). The average Bonchev–Trinajstić information content (AvgIpc) is 2.59. The number of hydrogen-bond acceptors (Lipinski definition) is 4. The van der Waals surface area contributed by atoms with E-state index in [-0.39, 0.29) is 18.3 Å². The fourth-order valence-corrected chi connectivity index (χ4v) is 2.49. The minimum atomic E-state index is -0.387. The maximum Gasteiger partial charge on any atom is 0.338 e. The number of esters is 1. The molecule has 0 heterocycles. The lowest BCUT2D eigenvalue weighted by molar-refractivity contribution is 0.0312. The highest BCUT2D eigenvalue weighted by molar-refractivity contribution is 5.89. The number of aromatic hydroxyl groups is 1. The first-order chi connectivity index (χ1) is 11.7. The first kappa shape index (κ1) is 20.5. The van der Waals surface area contributed by atoms with E-state index in [2.05, 4.69) is 6.92 Å². The van der Waals surface area contributed by atoms with Gasteiger partial charge in [-0.25, -0.2) is 4.79 Å². The molecule has 1 aromatic carbocycles. The fourth-order valence-electron chi connectivity index (χ4n) is 2.49. The Morgan fingerprint density at radius 1 is 0.833 bits per heavy atom. The summed E-state index contributed by atoms with van der Waals surface area (Å²) in [5.74, 6) is -0.252. The Morgan fingerprint density at radius 2 is 1.42 bits per heavy atom. The molecule has 4 heteroatoms. The van der Waals surface area contributed by atoms with Gasteiger partial charge in [-0.15, -0.1) is 0 Å². The zero-order valence-corrected chi connectivity index (χ0v) is 15.0. The lowest BCUT2D eigenvalue weighted by Crippen LogP contribution is -2.11. The molecule has 0 bridgehead atoms. The highest BCUT2D eigenvalue weighted by atomic mass is 16.6. The Kier molecular flexibility index (Phi) is 11.8. The van der Waals surface area contributed by atoms with Crippen molar-refractivity contribution in [1.82, 2.24) is 0 Å². The third-order valence-corrected chi connectivity index (χ3v) is 3.96. The molecule has 0 radical (unpaired) electrons. The van der Waals surface area contributed by atoms with E-state index in [1.807, 2.05) is 0 Å². The van der Waals surface area contributed by atoms with Crippen LogP contribution in [0.3, 0.4) is 0 Å². The number of carbonyl (C=O) groups excluding carboxylic acids is 1. The van der Waals surface area contributed by atoms with Gasteiger partial charge in [-0.2, -0.15) is 0 Å². The average molecular weight is 336 g/mol. The summed E-state index contributed by atoms with van der Waals surface area (Å²) in [5, 5.41) is 9.17. The molecule has 136 valence electrons. The number of phenolic OH excluding ortho intramolecular Hbond substituents is 1. The summed E-state index contributed by atoms with van der Waals surface area (Å²) < 4.78 is 10.6. The summed E-state index contributed by atoms with van der Waals surface area (Å²) in [5.41, 5.74) is 0.437. The topological polar surface area (TPSA) is 55.8 Å². The van der Waals surface area contributed by atoms with Crippen molar-refractivity contribution in [3.05, 3.63) is 29.8 Å². The van der Waals surface area contributed by atoms with Crippen molar-refractivity contribution in [2.75, 3.05) is 19.8 Å². The second-order valence-electron chi connectivity index (χ2n) is 6.12. The molecular formula is C20H32O4. The van der Waals surface area contributed by atoms with Gasteiger partial charge in [0, 0.05) is 6.61 Å². The van der Waals surface area contributed by atoms with Crippen molar-refractivity contribution in [2.45, 2.75) is 64.7 Å². The lowest BCUT2D eigenvalue weighted by atomic mass is 10.1. The Morgan fingerprint density at radius 3 is 2.04 bits per heavy atom. The van der Waals surface area contributed by atoms with Crippen LogP contribution in [0.2, 0.25) is 0 Å². The maximum atomic E-state index is 11.7. The molecule has 0 amide bonds. The van der Waals surface area contributed by atoms with Crippen molar-refractivity contribution in [3.8, 4) is 5.75 Å². The summed E-state index contributed by atoms with van der Waals surface area (Å²) in [7, 11) is 0. The molecule has 0 saturated carbocycles. The van der Waals surface area contributed by atoms with Gasteiger partial charge in [0.1, 0.15) is 12.4 Å². The van der Waals surface area contributed by atoms with Gasteiger partial charge in [0.15, 0.2) is 0 Å². The zero-order valence-electron chi connectivity index (χ0n) is 15.0. The predicted octanol–water partition coefficient (Wildman–Crippen LogP) is 5.10. The van der Waals surface area contributed by atoms with E-state index in [0.717, 1.165) is 13.0 Å². The van der Waals surface area contributed by atoms with Crippen molar-refractivity contribution in [2.24, 2.45) is 0 Å². The van der Waals surface area contributed by atoms with Gasteiger partial charge in [0.2, 0.25) is 0 Å². The van der Waals surface area contributed by atoms with Crippen molar-refractivity contribution in [3.63, 3.8) is 0 Å². The minimum absolute atomic E-state index is 0.135. The van der Waals surface area contributed by atoms with Crippen LogP contribution in [0.5, 0.6) is 5.75 Å². The molecule has 24 heavy (non-hydrogen) atoms. The zero-order chi connectivity index (χ0) is 17.5. The number of benzene rings is 1. The van der Waals surface area contributed by atoms with E-state index in [1.165, 1.54) is 63.5 Å². The maximum absolute atomic E-state index is 11.7. The van der Waals surface area contributed by atoms with Gasteiger partial charge in [0.05, 0.1) is 12.2 Å². The molecule has 0 aliphatic carbocycles. The Hall–Kier alpha value is -1.55. The monoisotopic (exact) mass is 336 g/mol. The smallest absolute Gasteiger partial charge is 0.338 e. The Balaban J connectivity index is 1.87. The number of phenols is 1. The van der Waals surface area contributed by atoms with Gasteiger partial charge in [-0.1, -0.05) is 58.3 Å². The molecule has 0 aromatic heterocycles. The molecule has 0 aliphatic heterocycles. The van der Waals surface area contributed by atoms with E-state index in [0.29, 0.717) is 12.2 Å². The van der Waals surface area contributed by atoms with Crippen molar-refractivity contribution < 1.29 is 19.4 Å². The van der Waals surface area contributed by atoms with E-state index in [9.17, 15) is 4.79 Å². The van der Waals surface area contributed by atoms with E-state index < -0.39 is 0 Å². The van der Waals surface area contributed by atoms with Gasteiger partial charge in [-0.05, 0) is 30.7 Å². The third-order valence-electron chi connectivity index (χ3n) is 3.96. The van der Waals surface area contributed by atoms with Gasteiger partial charge < -0.3 is 14.6 Å². The molecule has 0 aliphatic rings. The van der Waals surface area contributed by atoms with Gasteiger partial charge >= 0.3 is 5.97 Å². The molecule has 0 unspecified atom stereocenters.